The first-order valence-corrected chi connectivity index (χ1v) is 10.8. The van der Waals surface area contributed by atoms with Gasteiger partial charge in [-0.3, -0.25) is 14.9 Å². The van der Waals surface area contributed by atoms with Gasteiger partial charge in [0.1, 0.15) is 0 Å². The highest BCUT2D eigenvalue weighted by Gasteiger charge is 2.19. The lowest BCUT2D eigenvalue weighted by molar-refractivity contribution is -0.132. The van der Waals surface area contributed by atoms with Gasteiger partial charge in [0.05, 0.1) is 19.1 Å². The Kier molecular flexibility index (Phi) is 7.38. The fourth-order valence-corrected chi connectivity index (χ4v) is 4.13. The number of para-hydroxylation sites is 1. The Morgan fingerprint density at radius 3 is 2.30 bits per heavy atom. The molecule has 2 N–H and O–H groups in total. The van der Waals surface area contributed by atoms with Crippen molar-refractivity contribution in [2.75, 3.05) is 25.5 Å². The van der Waals surface area contributed by atoms with Crippen LogP contribution in [-0.4, -0.2) is 36.9 Å². The number of amides is 2. The van der Waals surface area contributed by atoms with Crippen molar-refractivity contribution < 1.29 is 9.59 Å². The van der Waals surface area contributed by atoms with Crippen LogP contribution in [0.15, 0.2) is 66.0 Å². The number of thiophene rings is 1. The van der Waals surface area contributed by atoms with Crippen molar-refractivity contribution in [1.82, 2.24) is 10.2 Å². The van der Waals surface area contributed by atoms with Gasteiger partial charge in [0, 0.05) is 17.6 Å². The molecule has 0 saturated heterocycles. The second-order valence-electron chi connectivity index (χ2n) is 7.30. The van der Waals surface area contributed by atoms with Crippen LogP contribution in [-0.2, 0) is 9.59 Å². The summed E-state index contributed by atoms with van der Waals surface area (Å²) >= 11 is 1.65. The molecule has 30 heavy (non-hydrogen) atoms. The quantitative estimate of drug-likeness (QED) is 0.575. The predicted molar refractivity (Wildman–Crippen MR) is 123 cm³/mol. The van der Waals surface area contributed by atoms with Gasteiger partial charge >= 0.3 is 0 Å². The summed E-state index contributed by atoms with van der Waals surface area (Å²) in [7, 11) is 1.65. The van der Waals surface area contributed by atoms with Crippen molar-refractivity contribution >= 4 is 28.8 Å². The summed E-state index contributed by atoms with van der Waals surface area (Å²) in [4.78, 5) is 27.7. The highest BCUT2D eigenvalue weighted by molar-refractivity contribution is 7.10. The molecule has 0 unspecified atom stereocenters. The normalized spacial score (nSPS) is 11.7. The Hall–Kier alpha value is -2.96. The topological polar surface area (TPSA) is 61.4 Å². The molecular weight excluding hydrogens is 394 g/mol. The molecule has 0 radical (unpaired) electrons. The van der Waals surface area contributed by atoms with Gasteiger partial charge in [-0.15, -0.1) is 11.3 Å². The highest BCUT2D eigenvalue weighted by Crippen LogP contribution is 2.25. The summed E-state index contributed by atoms with van der Waals surface area (Å²) in [6, 6.07) is 19.9. The molecule has 1 heterocycles. The van der Waals surface area contributed by atoms with Crippen LogP contribution in [0.25, 0.3) is 0 Å². The summed E-state index contributed by atoms with van der Waals surface area (Å²) in [5, 5.41) is 8.30. The molecule has 0 spiro atoms. The van der Waals surface area contributed by atoms with Gasteiger partial charge in [0.25, 0.3) is 0 Å². The zero-order chi connectivity index (χ0) is 21.5. The van der Waals surface area contributed by atoms with E-state index in [4.69, 9.17) is 0 Å². The zero-order valence-corrected chi connectivity index (χ0v) is 18.3. The third-order valence-electron chi connectivity index (χ3n) is 4.97. The molecule has 0 aliphatic rings. The Morgan fingerprint density at radius 1 is 0.967 bits per heavy atom. The lowest BCUT2D eigenvalue weighted by Gasteiger charge is -2.21. The number of benzene rings is 2. The fraction of sp³-hybridized carbons (Fsp3) is 0.250. The smallest absolute Gasteiger partial charge is 0.243 e. The van der Waals surface area contributed by atoms with E-state index in [0.717, 1.165) is 27.3 Å². The van der Waals surface area contributed by atoms with Crippen LogP contribution >= 0.6 is 11.3 Å². The first kappa shape index (κ1) is 21.7. The van der Waals surface area contributed by atoms with Crippen molar-refractivity contribution in [3.8, 4) is 0 Å². The van der Waals surface area contributed by atoms with Crippen molar-refractivity contribution in [3.63, 3.8) is 0 Å². The van der Waals surface area contributed by atoms with Gasteiger partial charge in [0.15, 0.2) is 0 Å². The lowest BCUT2D eigenvalue weighted by Crippen LogP contribution is -2.41. The number of carbonyl (C=O) groups is 2. The molecule has 0 saturated carbocycles. The van der Waals surface area contributed by atoms with E-state index in [1.165, 1.54) is 4.90 Å². The average molecular weight is 422 g/mol. The van der Waals surface area contributed by atoms with Crippen LogP contribution in [0.3, 0.4) is 0 Å². The van der Waals surface area contributed by atoms with Crippen LogP contribution in [0.4, 0.5) is 5.69 Å². The Labute approximate surface area is 181 Å². The van der Waals surface area contributed by atoms with E-state index in [1.807, 2.05) is 73.8 Å². The van der Waals surface area contributed by atoms with Crippen molar-refractivity contribution in [1.29, 1.82) is 0 Å². The number of rotatable bonds is 8. The van der Waals surface area contributed by atoms with Crippen molar-refractivity contribution in [2.45, 2.75) is 19.9 Å². The number of aryl methyl sites for hydroxylation is 2. The minimum Gasteiger partial charge on any atom is -0.335 e. The van der Waals surface area contributed by atoms with Crippen LogP contribution < -0.4 is 10.6 Å². The van der Waals surface area contributed by atoms with Gasteiger partial charge in [0.2, 0.25) is 11.8 Å². The van der Waals surface area contributed by atoms with E-state index >= 15 is 0 Å². The van der Waals surface area contributed by atoms with E-state index in [9.17, 15) is 9.59 Å². The van der Waals surface area contributed by atoms with Gasteiger partial charge in [-0.1, -0.05) is 54.6 Å². The molecule has 3 rings (SSSR count). The first-order chi connectivity index (χ1) is 14.5. The molecule has 2 amide bonds. The van der Waals surface area contributed by atoms with E-state index in [2.05, 4.69) is 16.7 Å². The maximum absolute atomic E-state index is 12.7. The van der Waals surface area contributed by atoms with Gasteiger partial charge < -0.3 is 10.2 Å². The molecule has 0 bridgehead atoms. The lowest BCUT2D eigenvalue weighted by atomic mass is 10.1. The van der Waals surface area contributed by atoms with Crippen molar-refractivity contribution in [2.24, 2.45) is 0 Å². The minimum atomic E-state index is -0.207. The number of nitrogens with one attached hydrogen (secondary N) is 2. The average Bonchev–Trinajstić information content (AvgIpc) is 3.26. The number of nitrogens with zero attached hydrogens (tertiary/aromatic N) is 1. The summed E-state index contributed by atoms with van der Waals surface area (Å²) in [6.07, 6.45) is 0. The molecule has 0 aliphatic carbocycles. The molecule has 0 aliphatic heterocycles. The Morgan fingerprint density at radius 2 is 1.67 bits per heavy atom. The summed E-state index contributed by atoms with van der Waals surface area (Å²) < 4.78 is 0. The molecule has 1 aromatic heterocycles. The number of hydrogen-bond acceptors (Lipinski definition) is 4. The third kappa shape index (κ3) is 5.55. The highest BCUT2D eigenvalue weighted by atomic mass is 32.1. The molecule has 6 heteroatoms. The maximum Gasteiger partial charge on any atom is 0.243 e. The molecule has 3 aromatic rings. The van der Waals surface area contributed by atoms with Crippen molar-refractivity contribution in [3.05, 3.63) is 87.6 Å². The zero-order valence-electron chi connectivity index (χ0n) is 17.5. The SMILES string of the molecule is Cc1cccc(C)c1NC(=O)CN(C)C(=O)CN[C@H](c1ccccc1)c1cccs1. The summed E-state index contributed by atoms with van der Waals surface area (Å²) in [6.45, 7) is 4.05. The molecule has 5 nitrogen and oxygen atoms in total. The monoisotopic (exact) mass is 421 g/mol. The fourth-order valence-electron chi connectivity index (χ4n) is 3.30. The number of anilines is 1. The maximum atomic E-state index is 12.7. The molecule has 0 fully saturated rings. The van der Waals surface area contributed by atoms with Crippen LogP contribution in [0, 0.1) is 13.8 Å². The van der Waals surface area contributed by atoms with Crippen LogP contribution in [0.2, 0.25) is 0 Å². The molecule has 156 valence electrons. The summed E-state index contributed by atoms with van der Waals surface area (Å²) in [5.74, 6) is -0.342. The second kappa shape index (κ2) is 10.2. The molecule has 1 atom stereocenters. The summed E-state index contributed by atoms with van der Waals surface area (Å²) in [5.41, 5.74) is 3.91. The number of likely N-dealkylation sites (N-methyl/N-ethyl adjacent to an activating group) is 1. The van der Waals surface area contributed by atoms with E-state index in [-0.39, 0.29) is 30.9 Å². The van der Waals surface area contributed by atoms with Gasteiger partial charge in [-0.2, -0.15) is 0 Å². The first-order valence-electron chi connectivity index (χ1n) is 9.87. The second-order valence-corrected chi connectivity index (χ2v) is 8.28. The largest absolute Gasteiger partial charge is 0.335 e. The Balaban J connectivity index is 1.58. The molecular formula is C24H27N3O2S. The standard InChI is InChI=1S/C24H27N3O2S/c1-17-9-7-10-18(2)23(17)26-21(28)16-27(3)22(29)15-25-24(20-13-8-14-30-20)19-11-5-4-6-12-19/h4-14,24-25H,15-16H2,1-3H3,(H,26,28)/t24-/m1/s1. The predicted octanol–water partition coefficient (Wildman–Crippen LogP) is 4.14. The Bertz CT molecular complexity index is 967. The molecule has 2 aromatic carbocycles. The minimum absolute atomic E-state index is 0.00327. The van der Waals surface area contributed by atoms with E-state index < -0.39 is 0 Å². The third-order valence-corrected chi connectivity index (χ3v) is 5.91. The van der Waals surface area contributed by atoms with Crippen LogP contribution in [0.5, 0.6) is 0 Å². The van der Waals surface area contributed by atoms with Gasteiger partial charge in [-0.05, 0) is 42.0 Å². The number of hydrogen-bond donors (Lipinski definition) is 2. The van der Waals surface area contributed by atoms with E-state index in [0.29, 0.717) is 0 Å². The van der Waals surface area contributed by atoms with Gasteiger partial charge in [-0.25, -0.2) is 0 Å². The number of carbonyl (C=O) groups excluding carboxylic acids is 2. The van der Waals surface area contributed by atoms with E-state index in [1.54, 1.807) is 18.4 Å². The van der Waals surface area contributed by atoms with Crippen LogP contribution in [0.1, 0.15) is 27.6 Å².